The molecule has 1 nitrogen and oxygen atoms in total. The first-order valence-corrected chi connectivity index (χ1v) is 5.79. The molecule has 15 heavy (non-hydrogen) atoms. The van der Waals surface area contributed by atoms with Gasteiger partial charge in [0.15, 0.2) is 0 Å². The lowest BCUT2D eigenvalue weighted by molar-refractivity contribution is 0.601. The van der Waals surface area contributed by atoms with E-state index in [1.54, 1.807) is 12.1 Å². The molecule has 3 heteroatoms. The number of thioether (sulfide) groups is 1. The highest BCUT2D eigenvalue weighted by molar-refractivity contribution is 7.99. The summed E-state index contributed by atoms with van der Waals surface area (Å²) in [4.78, 5) is 0.647. The van der Waals surface area contributed by atoms with E-state index in [0.717, 1.165) is 6.42 Å². The van der Waals surface area contributed by atoms with Gasteiger partial charge in [0.1, 0.15) is 5.82 Å². The zero-order valence-electron chi connectivity index (χ0n) is 8.45. The summed E-state index contributed by atoms with van der Waals surface area (Å²) in [6.45, 7) is 0. The van der Waals surface area contributed by atoms with Crippen molar-refractivity contribution in [2.45, 2.75) is 23.8 Å². The van der Waals surface area contributed by atoms with Gasteiger partial charge < -0.3 is 5.73 Å². The molecule has 0 aliphatic rings. The number of hydrogen-bond donors (Lipinski definition) is 1. The molecule has 0 aliphatic carbocycles. The first-order chi connectivity index (χ1) is 7.24. The van der Waals surface area contributed by atoms with E-state index in [-0.39, 0.29) is 11.9 Å². The Morgan fingerprint density at radius 1 is 1.47 bits per heavy atom. The average molecular weight is 223 g/mol. The molecule has 1 aromatic carbocycles. The average Bonchev–Trinajstić information content (AvgIpc) is 2.25. The quantitative estimate of drug-likeness (QED) is 0.613. The smallest absolute Gasteiger partial charge is 0.136 e. The molecule has 0 amide bonds. The van der Waals surface area contributed by atoms with Gasteiger partial charge in [0.05, 0.1) is 0 Å². The Hall–Kier alpha value is -0.980. The number of benzene rings is 1. The minimum atomic E-state index is -0.188. The van der Waals surface area contributed by atoms with Crippen molar-refractivity contribution in [2.75, 3.05) is 5.75 Å². The lowest BCUT2D eigenvalue weighted by atomic mass is 10.2. The lowest BCUT2D eigenvalue weighted by Gasteiger charge is -2.09. The van der Waals surface area contributed by atoms with Crippen LogP contribution in [0.15, 0.2) is 29.2 Å². The van der Waals surface area contributed by atoms with Crippen LogP contribution in [0.3, 0.4) is 0 Å². The molecule has 0 radical (unpaired) electrons. The summed E-state index contributed by atoms with van der Waals surface area (Å²) >= 11 is 1.44. The first-order valence-electron chi connectivity index (χ1n) is 4.80. The minimum absolute atomic E-state index is 0.0330. The molecule has 0 fully saturated rings. The van der Waals surface area contributed by atoms with Crippen molar-refractivity contribution in [2.24, 2.45) is 5.73 Å². The fraction of sp³-hybridized carbons (Fsp3) is 0.333. The predicted molar refractivity (Wildman–Crippen MR) is 63.2 cm³/mol. The van der Waals surface area contributed by atoms with E-state index in [4.69, 9.17) is 12.2 Å². The highest BCUT2D eigenvalue weighted by atomic mass is 32.2. The molecule has 1 unspecified atom stereocenters. The standard InChI is InChI=1S/C12H14FNS/c1-2-3-6-10(14)9-15-12-8-5-4-7-11(12)13/h1,4-5,7-8,10H,3,6,9,14H2. The Morgan fingerprint density at radius 3 is 2.87 bits per heavy atom. The molecule has 1 atom stereocenters. The Kier molecular flexibility index (Phi) is 5.23. The van der Waals surface area contributed by atoms with Gasteiger partial charge in [0.2, 0.25) is 0 Å². The van der Waals surface area contributed by atoms with Crippen LogP contribution in [-0.2, 0) is 0 Å². The zero-order valence-corrected chi connectivity index (χ0v) is 9.27. The van der Waals surface area contributed by atoms with Crippen molar-refractivity contribution in [3.8, 4) is 12.3 Å². The van der Waals surface area contributed by atoms with Gasteiger partial charge in [-0.05, 0) is 18.6 Å². The summed E-state index contributed by atoms with van der Waals surface area (Å²) in [6, 6.07) is 6.74. The van der Waals surface area contributed by atoms with E-state index in [0.29, 0.717) is 17.1 Å². The van der Waals surface area contributed by atoms with E-state index in [1.165, 1.54) is 17.8 Å². The molecular formula is C12H14FNS. The van der Waals surface area contributed by atoms with Gasteiger partial charge in [0.25, 0.3) is 0 Å². The van der Waals surface area contributed by atoms with Crippen LogP contribution < -0.4 is 5.73 Å². The fourth-order valence-corrected chi connectivity index (χ4v) is 2.05. The Balaban J connectivity index is 2.37. The first kappa shape index (κ1) is 12.1. The monoisotopic (exact) mass is 223 g/mol. The van der Waals surface area contributed by atoms with Crippen LogP contribution in [0.5, 0.6) is 0 Å². The third-order valence-electron chi connectivity index (χ3n) is 1.95. The second-order valence-electron chi connectivity index (χ2n) is 3.24. The normalized spacial score (nSPS) is 12.1. The van der Waals surface area contributed by atoms with Crippen molar-refractivity contribution in [3.63, 3.8) is 0 Å². The Morgan fingerprint density at radius 2 is 2.20 bits per heavy atom. The number of hydrogen-bond acceptors (Lipinski definition) is 2. The van der Waals surface area contributed by atoms with Gasteiger partial charge in [-0.15, -0.1) is 24.1 Å². The van der Waals surface area contributed by atoms with Gasteiger partial charge in [-0.25, -0.2) is 4.39 Å². The summed E-state index contributed by atoms with van der Waals surface area (Å²) in [5.41, 5.74) is 5.82. The molecule has 0 bridgehead atoms. The van der Waals surface area contributed by atoms with Gasteiger partial charge >= 0.3 is 0 Å². The number of halogens is 1. The molecule has 80 valence electrons. The third-order valence-corrected chi connectivity index (χ3v) is 3.19. The van der Waals surface area contributed by atoms with Crippen LogP contribution in [0.25, 0.3) is 0 Å². The summed E-state index contributed by atoms with van der Waals surface area (Å²) in [5, 5.41) is 0. The number of terminal acetylenes is 1. The number of nitrogens with two attached hydrogens (primary N) is 1. The topological polar surface area (TPSA) is 26.0 Å². The summed E-state index contributed by atoms with van der Waals surface area (Å²) in [6.07, 6.45) is 6.61. The summed E-state index contributed by atoms with van der Waals surface area (Å²) in [7, 11) is 0. The zero-order chi connectivity index (χ0) is 11.1. The van der Waals surface area contributed by atoms with Crippen molar-refractivity contribution in [3.05, 3.63) is 30.1 Å². The Labute approximate surface area is 94.2 Å². The molecular weight excluding hydrogens is 209 g/mol. The molecule has 0 aliphatic heterocycles. The molecule has 0 saturated heterocycles. The van der Waals surface area contributed by atoms with Gasteiger partial charge in [0, 0.05) is 23.1 Å². The van der Waals surface area contributed by atoms with Gasteiger partial charge in [-0.3, -0.25) is 0 Å². The van der Waals surface area contributed by atoms with E-state index in [9.17, 15) is 4.39 Å². The van der Waals surface area contributed by atoms with Crippen molar-refractivity contribution < 1.29 is 4.39 Å². The van der Waals surface area contributed by atoms with Crippen LogP contribution in [-0.4, -0.2) is 11.8 Å². The largest absolute Gasteiger partial charge is 0.327 e. The van der Waals surface area contributed by atoms with E-state index >= 15 is 0 Å². The van der Waals surface area contributed by atoms with Gasteiger partial charge in [-0.2, -0.15) is 0 Å². The highest BCUT2D eigenvalue weighted by Crippen LogP contribution is 2.22. The third kappa shape index (κ3) is 4.37. The van der Waals surface area contributed by atoms with Crippen LogP contribution in [0.4, 0.5) is 4.39 Å². The van der Waals surface area contributed by atoms with Gasteiger partial charge in [-0.1, -0.05) is 12.1 Å². The molecule has 2 N–H and O–H groups in total. The second-order valence-corrected chi connectivity index (χ2v) is 4.31. The summed E-state index contributed by atoms with van der Waals surface area (Å²) in [5.74, 6) is 3.05. The van der Waals surface area contributed by atoms with Crippen LogP contribution >= 0.6 is 11.8 Å². The predicted octanol–water partition coefficient (Wildman–Crippen LogP) is 2.66. The lowest BCUT2D eigenvalue weighted by Crippen LogP contribution is -2.22. The molecule has 0 aromatic heterocycles. The summed E-state index contributed by atoms with van der Waals surface area (Å²) < 4.78 is 13.2. The minimum Gasteiger partial charge on any atom is -0.327 e. The van der Waals surface area contributed by atoms with Crippen molar-refractivity contribution in [1.82, 2.24) is 0 Å². The molecule has 1 rings (SSSR count). The maximum Gasteiger partial charge on any atom is 0.136 e. The van der Waals surface area contributed by atoms with E-state index in [2.05, 4.69) is 5.92 Å². The van der Waals surface area contributed by atoms with E-state index in [1.807, 2.05) is 6.07 Å². The molecule has 0 heterocycles. The maximum absolute atomic E-state index is 13.2. The molecule has 0 saturated carbocycles. The number of rotatable bonds is 5. The van der Waals surface area contributed by atoms with Crippen LogP contribution in [0, 0.1) is 18.2 Å². The van der Waals surface area contributed by atoms with Crippen LogP contribution in [0.2, 0.25) is 0 Å². The van der Waals surface area contributed by atoms with Crippen molar-refractivity contribution in [1.29, 1.82) is 0 Å². The van der Waals surface area contributed by atoms with Crippen molar-refractivity contribution >= 4 is 11.8 Å². The van der Waals surface area contributed by atoms with E-state index < -0.39 is 0 Å². The maximum atomic E-state index is 13.2. The fourth-order valence-electron chi connectivity index (χ4n) is 1.11. The second kappa shape index (κ2) is 6.49. The molecule has 1 aromatic rings. The highest BCUT2D eigenvalue weighted by Gasteiger charge is 2.05. The molecule has 0 spiro atoms. The SMILES string of the molecule is C#CCCC(N)CSc1ccccc1F. The Bertz CT molecular complexity index is 346. The van der Waals surface area contributed by atoms with Crippen LogP contribution in [0.1, 0.15) is 12.8 Å².